The molecule has 0 bridgehead atoms. The molecule has 0 N–H and O–H groups in total. The molecule has 0 aliphatic heterocycles. The van der Waals surface area contributed by atoms with Crippen molar-refractivity contribution in [3.8, 4) is 12.3 Å². The number of hydrogen-bond acceptors (Lipinski definition) is 1. The zero-order valence-corrected chi connectivity index (χ0v) is 13.3. The van der Waals surface area contributed by atoms with E-state index in [0.29, 0.717) is 6.42 Å². The summed E-state index contributed by atoms with van der Waals surface area (Å²) < 4.78 is 4.65. The Bertz CT molecular complexity index is 232. The van der Waals surface area contributed by atoms with Gasteiger partial charge in [-0.25, -0.2) is 0 Å². The Hall–Kier alpha value is 0.607. The van der Waals surface area contributed by atoms with Gasteiger partial charge in [0.25, 0.3) is 0 Å². The van der Waals surface area contributed by atoms with E-state index in [9.17, 15) is 0 Å². The van der Waals surface area contributed by atoms with Crippen molar-refractivity contribution in [2.45, 2.75) is 55.2 Å². The topological polar surface area (TPSA) is 9.23 Å². The molecule has 0 heterocycles. The first-order valence-corrected chi connectivity index (χ1v) is 9.19. The number of alkyl halides is 3. The van der Waals surface area contributed by atoms with Crippen molar-refractivity contribution in [1.29, 1.82) is 0 Å². The zero-order valence-electron chi connectivity index (χ0n) is 10.0. The SMILES string of the molecule is C#CC[C@@H](O[Si](CC)(CC)CC)C(Cl)(Cl)Cl. The molecule has 0 aromatic carbocycles. The maximum absolute atomic E-state index is 6.09. The van der Waals surface area contributed by atoms with Crippen molar-refractivity contribution in [2.24, 2.45) is 0 Å². The molecule has 0 saturated heterocycles. The van der Waals surface area contributed by atoms with Crippen LogP contribution in [0.15, 0.2) is 0 Å². The first-order chi connectivity index (χ1) is 7.35. The Morgan fingerprint density at radius 3 is 1.88 bits per heavy atom. The number of terminal acetylenes is 1. The second-order valence-electron chi connectivity index (χ2n) is 3.80. The molecule has 94 valence electrons. The largest absolute Gasteiger partial charge is 0.409 e. The second-order valence-corrected chi connectivity index (χ2v) is 10.9. The standard InChI is InChI=1S/C11H19Cl3OSi/c1-5-9-10(11(12,13)14)15-16(6-2,7-3)8-4/h1,10H,6-9H2,2-4H3/t10-/m1/s1. The lowest BCUT2D eigenvalue weighted by Gasteiger charge is -2.35. The van der Waals surface area contributed by atoms with E-state index in [0.717, 1.165) is 18.1 Å². The minimum Gasteiger partial charge on any atom is -0.409 e. The van der Waals surface area contributed by atoms with Gasteiger partial charge in [-0.1, -0.05) is 55.6 Å². The monoisotopic (exact) mass is 300 g/mol. The summed E-state index contributed by atoms with van der Waals surface area (Å²) in [5.74, 6) is 2.51. The maximum Gasteiger partial charge on any atom is 0.215 e. The maximum atomic E-state index is 6.09. The zero-order chi connectivity index (χ0) is 12.8. The Morgan fingerprint density at radius 2 is 1.62 bits per heavy atom. The molecule has 0 fully saturated rings. The summed E-state index contributed by atoms with van der Waals surface area (Å²) in [6.45, 7) is 6.39. The summed E-state index contributed by atoms with van der Waals surface area (Å²) in [4.78, 5) is 0. The average molecular weight is 302 g/mol. The van der Waals surface area contributed by atoms with Gasteiger partial charge in [-0.2, -0.15) is 0 Å². The number of hydrogen-bond donors (Lipinski definition) is 0. The van der Waals surface area contributed by atoms with Crippen molar-refractivity contribution in [2.75, 3.05) is 0 Å². The van der Waals surface area contributed by atoms with Crippen LogP contribution in [-0.4, -0.2) is 18.2 Å². The molecular weight excluding hydrogens is 283 g/mol. The van der Waals surface area contributed by atoms with Gasteiger partial charge in [-0.05, 0) is 18.1 Å². The Morgan fingerprint density at radius 1 is 1.19 bits per heavy atom. The summed E-state index contributed by atoms with van der Waals surface area (Å²) >= 11 is 17.7. The van der Waals surface area contributed by atoms with Gasteiger partial charge in [0.05, 0.1) is 0 Å². The molecule has 5 heteroatoms. The van der Waals surface area contributed by atoms with Crippen LogP contribution in [0.5, 0.6) is 0 Å². The van der Waals surface area contributed by atoms with Gasteiger partial charge in [0.1, 0.15) is 6.10 Å². The first kappa shape index (κ1) is 16.6. The van der Waals surface area contributed by atoms with Gasteiger partial charge in [0.15, 0.2) is 8.32 Å². The predicted octanol–water partition coefficient (Wildman–Crippen LogP) is 4.77. The molecule has 0 spiro atoms. The third-order valence-corrected chi connectivity index (χ3v) is 8.37. The fourth-order valence-corrected chi connectivity index (χ4v) is 5.09. The van der Waals surface area contributed by atoms with Gasteiger partial charge in [-0.15, -0.1) is 12.3 Å². The Labute approximate surface area is 115 Å². The molecule has 1 nitrogen and oxygen atoms in total. The Balaban J connectivity index is 4.79. The van der Waals surface area contributed by atoms with E-state index in [1.54, 1.807) is 0 Å². The molecule has 0 saturated carbocycles. The predicted molar refractivity (Wildman–Crippen MR) is 75.8 cm³/mol. The third kappa shape index (κ3) is 4.85. The van der Waals surface area contributed by atoms with Crippen LogP contribution < -0.4 is 0 Å². The highest BCUT2D eigenvalue weighted by atomic mass is 35.6. The van der Waals surface area contributed by atoms with Crippen LogP contribution >= 0.6 is 34.8 Å². The molecule has 1 atom stereocenters. The van der Waals surface area contributed by atoms with Crippen molar-refractivity contribution < 1.29 is 4.43 Å². The van der Waals surface area contributed by atoms with Crippen molar-refractivity contribution in [3.63, 3.8) is 0 Å². The van der Waals surface area contributed by atoms with Gasteiger partial charge >= 0.3 is 0 Å². The van der Waals surface area contributed by atoms with Crippen molar-refractivity contribution >= 4 is 43.1 Å². The molecule has 16 heavy (non-hydrogen) atoms. The van der Waals surface area contributed by atoms with E-state index in [1.807, 2.05) is 0 Å². The van der Waals surface area contributed by atoms with Crippen LogP contribution in [0.1, 0.15) is 27.2 Å². The molecule has 0 aliphatic rings. The lowest BCUT2D eigenvalue weighted by atomic mass is 10.3. The third-order valence-electron chi connectivity index (χ3n) is 2.99. The van der Waals surface area contributed by atoms with Crippen molar-refractivity contribution in [3.05, 3.63) is 0 Å². The minimum absolute atomic E-state index is 0.339. The van der Waals surface area contributed by atoms with Gasteiger partial charge in [0.2, 0.25) is 3.79 Å². The molecule has 0 aliphatic carbocycles. The van der Waals surface area contributed by atoms with Crippen LogP contribution in [0.4, 0.5) is 0 Å². The normalized spacial score (nSPS) is 14.6. The summed E-state index contributed by atoms with van der Waals surface area (Å²) in [7, 11) is -1.78. The fraction of sp³-hybridized carbons (Fsp3) is 0.818. The van der Waals surface area contributed by atoms with E-state index in [2.05, 4.69) is 26.7 Å². The van der Waals surface area contributed by atoms with Crippen LogP contribution in [-0.2, 0) is 4.43 Å². The molecule has 0 unspecified atom stereocenters. The van der Waals surface area contributed by atoms with Crippen molar-refractivity contribution in [1.82, 2.24) is 0 Å². The van der Waals surface area contributed by atoms with Gasteiger partial charge in [-0.3, -0.25) is 0 Å². The van der Waals surface area contributed by atoms with Crippen LogP contribution in [0.2, 0.25) is 18.1 Å². The Kier molecular flexibility index (Phi) is 7.40. The summed E-state index contributed by atoms with van der Waals surface area (Å²) in [6.07, 6.45) is 5.13. The summed E-state index contributed by atoms with van der Waals surface area (Å²) in [5, 5.41) is 0. The van der Waals surface area contributed by atoms with Crippen LogP contribution in [0.3, 0.4) is 0 Å². The highest BCUT2D eigenvalue weighted by Gasteiger charge is 2.40. The van der Waals surface area contributed by atoms with E-state index in [-0.39, 0.29) is 0 Å². The first-order valence-electron chi connectivity index (χ1n) is 5.53. The molecular formula is C11H19Cl3OSi. The quantitative estimate of drug-likeness (QED) is 0.390. The molecule has 0 aromatic heterocycles. The highest BCUT2D eigenvalue weighted by molar-refractivity contribution is 6.74. The van der Waals surface area contributed by atoms with E-state index < -0.39 is 18.2 Å². The second kappa shape index (κ2) is 7.13. The molecule has 0 aromatic rings. The number of halogens is 3. The van der Waals surface area contributed by atoms with Gasteiger partial charge < -0.3 is 4.43 Å². The number of rotatable bonds is 6. The lowest BCUT2D eigenvalue weighted by molar-refractivity contribution is 0.196. The molecule has 0 amide bonds. The van der Waals surface area contributed by atoms with E-state index in [4.69, 9.17) is 45.7 Å². The highest BCUT2D eigenvalue weighted by Crippen LogP contribution is 2.37. The van der Waals surface area contributed by atoms with Gasteiger partial charge in [0, 0.05) is 6.42 Å². The molecule has 0 rings (SSSR count). The lowest BCUT2D eigenvalue weighted by Crippen LogP contribution is -2.44. The van der Waals surface area contributed by atoms with Crippen LogP contribution in [0, 0.1) is 12.3 Å². The van der Waals surface area contributed by atoms with E-state index in [1.165, 1.54) is 0 Å². The van der Waals surface area contributed by atoms with Crippen LogP contribution in [0.25, 0.3) is 0 Å². The fourth-order valence-electron chi connectivity index (χ4n) is 1.63. The summed E-state index contributed by atoms with van der Waals surface area (Å²) in [6, 6.07) is 3.05. The smallest absolute Gasteiger partial charge is 0.215 e. The van der Waals surface area contributed by atoms with E-state index >= 15 is 0 Å². The average Bonchev–Trinajstić information content (AvgIpc) is 2.23. The molecule has 0 radical (unpaired) electrons. The summed E-state index contributed by atoms with van der Waals surface area (Å²) in [5.41, 5.74) is 0. The minimum atomic E-state index is -1.78.